The molecule has 0 aliphatic carbocycles. The van der Waals surface area contributed by atoms with E-state index in [0.29, 0.717) is 0 Å². The summed E-state index contributed by atoms with van der Waals surface area (Å²) in [6, 6.07) is 0. The third-order valence-corrected chi connectivity index (χ3v) is 1.97. The molecular formula is C10H8F5NO2. The van der Waals surface area contributed by atoms with Crippen LogP contribution in [0, 0.1) is 29.1 Å². The van der Waals surface area contributed by atoms with Gasteiger partial charge >= 0.3 is 5.97 Å². The molecule has 1 aromatic rings. The van der Waals surface area contributed by atoms with Crippen LogP contribution in [-0.4, -0.2) is 12.5 Å². The van der Waals surface area contributed by atoms with Crippen LogP contribution in [0.1, 0.15) is 12.8 Å². The minimum absolute atomic E-state index is 0.117. The van der Waals surface area contributed by atoms with Gasteiger partial charge in [-0.05, 0) is 13.0 Å². The molecule has 0 saturated carbocycles. The van der Waals surface area contributed by atoms with Gasteiger partial charge in [-0.1, -0.05) is 0 Å². The molecule has 2 N–H and O–H groups in total. The lowest BCUT2D eigenvalue weighted by Crippen LogP contribution is -2.14. The molecule has 0 spiro atoms. The van der Waals surface area contributed by atoms with Gasteiger partial charge < -0.3 is 10.5 Å². The fourth-order valence-electron chi connectivity index (χ4n) is 1.09. The molecular weight excluding hydrogens is 261 g/mol. The molecule has 100 valence electrons. The highest BCUT2D eigenvalue weighted by molar-refractivity contribution is 5.72. The number of hydrogen-bond acceptors (Lipinski definition) is 3. The van der Waals surface area contributed by atoms with Crippen LogP contribution in [0.15, 0.2) is 0 Å². The fraction of sp³-hybridized carbons (Fsp3) is 0.300. The zero-order chi connectivity index (χ0) is 13.9. The van der Waals surface area contributed by atoms with Crippen molar-refractivity contribution in [2.45, 2.75) is 12.8 Å². The van der Waals surface area contributed by atoms with Crippen molar-refractivity contribution in [3.63, 3.8) is 0 Å². The molecule has 0 unspecified atom stereocenters. The van der Waals surface area contributed by atoms with Gasteiger partial charge in [-0.3, -0.25) is 4.79 Å². The Morgan fingerprint density at radius 1 is 0.944 bits per heavy atom. The van der Waals surface area contributed by atoms with E-state index >= 15 is 0 Å². The summed E-state index contributed by atoms with van der Waals surface area (Å²) in [5.41, 5.74) is 5.07. The lowest BCUT2D eigenvalue weighted by Gasteiger charge is -2.08. The first kappa shape index (κ1) is 14.4. The molecule has 0 saturated heterocycles. The van der Waals surface area contributed by atoms with E-state index in [4.69, 9.17) is 5.73 Å². The second kappa shape index (κ2) is 5.76. The maximum absolute atomic E-state index is 13.1. The SMILES string of the molecule is NCCCC(=O)Oc1c(F)c(F)c(F)c(F)c1F. The van der Waals surface area contributed by atoms with E-state index in [1.165, 1.54) is 0 Å². The van der Waals surface area contributed by atoms with E-state index < -0.39 is 40.8 Å². The van der Waals surface area contributed by atoms with Gasteiger partial charge in [-0.15, -0.1) is 0 Å². The number of nitrogens with two attached hydrogens (primary N) is 1. The Balaban J connectivity index is 3.06. The van der Waals surface area contributed by atoms with Gasteiger partial charge in [0.15, 0.2) is 0 Å². The Labute approximate surface area is 98.3 Å². The van der Waals surface area contributed by atoms with Crippen molar-refractivity contribution < 1.29 is 31.5 Å². The summed E-state index contributed by atoms with van der Waals surface area (Å²) in [5, 5.41) is 0. The molecule has 0 aromatic heterocycles. The molecule has 0 heterocycles. The molecule has 18 heavy (non-hydrogen) atoms. The highest BCUT2D eigenvalue weighted by Crippen LogP contribution is 2.29. The number of halogens is 5. The lowest BCUT2D eigenvalue weighted by atomic mass is 10.2. The number of ether oxygens (including phenoxy) is 1. The number of carbonyl (C=O) groups is 1. The number of rotatable bonds is 4. The van der Waals surface area contributed by atoms with Crippen molar-refractivity contribution in [1.29, 1.82) is 0 Å². The Bertz CT molecular complexity index is 449. The van der Waals surface area contributed by atoms with Gasteiger partial charge in [0.05, 0.1) is 0 Å². The largest absolute Gasteiger partial charge is 0.420 e. The first-order chi connectivity index (χ1) is 8.40. The average Bonchev–Trinajstić information content (AvgIpc) is 2.36. The molecule has 0 radical (unpaired) electrons. The molecule has 0 amide bonds. The first-order valence-electron chi connectivity index (χ1n) is 4.82. The monoisotopic (exact) mass is 269 g/mol. The van der Waals surface area contributed by atoms with Gasteiger partial charge in [-0.25, -0.2) is 13.2 Å². The van der Waals surface area contributed by atoms with Crippen molar-refractivity contribution in [2.75, 3.05) is 6.54 Å². The summed E-state index contributed by atoms with van der Waals surface area (Å²) in [4.78, 5) is 11.0. The minimum Gasteiger partial charge on any atom is -0.420 e. The van der Waals surface area contributed by atoms with E-state index in [1.807, 2.05) is 0 Å². The van der Waals surface area contributed by atoms with Crippen molar-refractivity contribution >= 4 is 5.97 Å². The number of carbonyl (C=O) groups excluding carboxylic acids is 1. The third-order valence-electron chi connectivity index (χ3n) is 1.97. The predicted octanol–water partition coefficient (Wildman–Crippen LogP) is 2.03. The summed E-state index contributed by atoms with van der Waals surface area (Å²) < 4.78 is 68.3. The molecule has 1 rings (SSSR count). The number of benzene rings is 1. The van der Waals surface area contributed by atoms with Crippen molar-refractivity contribution in [2.24, 2.45) is 5.73 Å². The van der Waals surface area contributed by atoms with Crippen LogP contribution >= 0.6 is 0 Å². The van der Waals surface area contributed by atoms with Crippen LogP contribution in [0.5, 0.6) is 5.75 Å². The summed E-state index contributed by atoms with van der Waals surface area (Å²) in [5.74, 6) is -13.8. The van der Waals surface area contributed by atoms with Crippen LogP contribution in [0.25, 0.3) is 0 Å². The number of hydrogen-bond donors (Lipinski definition) is 1. The van der Waals surface area contributed by atoms with Gasteiger partial charge in [0.25, 0.3) is 0 Å². The first-order valence-corrected chi connectivity index (χ1v) is 4.82. The van der Waals surface area contributed by atoms with Gasteiger partial charge in [0.2, 0.25) is 34.8 Å². The summed E-state index contributed by atoms with van der Waals surface area (Å²) in [6.07, 6.45) is -0.135. The minimum atomic E-state index is -2.31. The van der Waals surface area contributed by atoms with E-state index in [9.17, 15) is 26.7 Å². The van der Waals surface area contributed by atoms with Crippen LogP contribution in [0.3, 0.4) is 0 Å². The highest BCUT2D eigenvalue weighted by Gasteiger charge is 2.28. The van der Waals surface area contributed by atoms with E-state index in [2.05, 4.69) is 4.74 Å². The molecule has 3 nitrogen and oxygen atoms in total. The zero-order valence-electron chi connectivity index (χ0n) is 8.90. The summed E-state index contributed by atoms with van der Waals surface area (Å²) >= 11 is 0. The average molecular weight is 269 g/mol. The van der Waals surface area contributed by atoms with Gasteiger partial charge in [-0.2, -0.15) is 8.78 Å². The third kappa shape index (κ3) is 2.76. The summed E-state index contributed by atoms with van der Waals surface area (Å²) in [7, 11) is 0. The lowest BCUT2D eigenvalue weighted by molar-refractivity contribution is -0.134. The normalized spacial score (nSPS) is 10.6. The van der Waals surface area contributed by atoms with Crippen LogP contribution in [0.2, 0.25) is 0 Å². The van der Waals surface area contributed by atoms with Gasteiger partial charge in [0.1, 0.15) is 0 Å². The molecule has 0 atom stereocenters. The van der Waals surface area contributed by atoms with Crippen LogP contribution in [-0.2, 0) is 4.79 Å². The van der Waals surface area contributed by atoms with Gasteiger partial charge in [0, 0.05) is 6.42 Å². The standard InChI is InChI=1S/C10H8F5NO2/c11-5-6(12)8(14)10(9(15)7(5)13)18-4(17)2-1-3-16/h1-3,16H2. The maximum Gasteiger partial charge on any atom is 0.311 e. The molecule has 0 aliphatic rings. The second-order valence-corrected chi connectivity index (χ2v) is 3.27. The predicted molar refractivity (Wildman–Crippen MR) is 50.2 cm³/mol. The zero-order valence-corrected chi connectivity index (χ0v) is 8.90. The second-order valence-electron chi connectivity index (χ2n) is 3.27. The Kier molecular flexibility index (Phi) is 4.60. The van der Waals surface area contributed by atoms with Crippen LogP contribution < -0.4 is 10.5 Å². The molecule has 0 bridgehead atoms. The fourth-order valence-corrected chi connectivity index (χ4v) is 1.09. The van der Waals surface area contributed by atoms with E-state index in [-0.39, 0.29) is 19.4 Å². The van der Waals surface area contributed by atoms with Crippen molar-refractivity contribution in [1.82, 2.24) is 0 Å². The molecule has 8 heteroatoms. The highest BCUT2D eigenvalue weighted by atomic mass is 19.2. The maximum atomic E-state index is 13.1. The van der Waals surface area contributed by atoms with E-state index in [0.717, 1.165) is 0 Å². The smallest absolute Gasteiger partial charge is 0.311 e. The Morgan fingerprint density at radius 2 is 1.39 bits per heavy atom. The van der Waals surface area contributed by atoms with E-state index in [1.54, 1.807) is 0 Å². The number of esters is 1. The Morgan fingerprint density at radius 3 is 1.83 bits per heavy atom. The molecule has 0 fully saturated rings. The van der Waals surface area contributed by atoms with Crippen molar-refractivity contribution in [3.05, 3.63) is 29.1 Å². The molecule has 1 aromatic carbocycles. The molecule has 0 aliphatic heterocycles. The topological polar surface area (TPSA) is 52.3 Å². The summed E-state index contributed by atoms with van der Waals surface area (Å²) in [6.45, 7) is 0.117. The Hall–Kier alpha value is -1.70. The quantitative estimate of drug-likeness (QED) is 0.299. The van der Waals surface area contributed by atoms with Crippen LogP contribution in [0.4, 0.5) is 22.0 Å². The van der Waals surface area contributed by atoms with Crippen molar-refractivity contribution in [3.8, 4) is 5.75 Å².